The lowest BCUT2D eigenvalue weighted by Gasteiger charge is -2.08. The summed E-state index contributed by atoms with van der Waals surface area (Å²) in [5.41, 5.74) is -1.49. The maximum Gasteiger partial charge on any atom is 0.416 e. The van der Waals surface area contributed by atoms with Gasteiger partial charge in [-0.15, -0.1) is 0 Å². The Kier molecular flexibility index (Phi) is 4.16. The maximum atomic E-state index is 12.4. The summed E-state index contributed by atoms with van der Waals surface area (Å²) in [6.07, 6.45) is -3.70. The van der Waals surface area contributed by atoms with Crippen LogP contribution in [-0.4, -0.2) is 20.9 Å². The lowest BCUT2D eigenvalue weighted by Crippen LogP contribution is -2.14. The second-order valence-corrected chi connectivity index (χ2v) is 4.35. The molecule has 7 nitrogen and oxygen atoms in total. The van der Waals surface area contributed by atoms with Crippen molar-refractivity contribution in [2.75, 3.05) is 5.32 Å². The molecule has 1 amide bonds. The Morgan fingerprint density at radius 3 is 2.35 bits per heavy atom. The van der Waals surface area contributed by atoms with Crippen LogP contribution in [0, 0.1) is 10.1 Å². The number of nitrogens with zero attached hydrogens (tertiary/aromatic N) is 2. The highest BCUT2D eigenvalue weighted by Gasteiger charge is 2.30. The summed E-state index contributed by atoms with van der Waals surface area (Å²) in [5, 5.41) is 22.2. The second kappa shape index (κ2) is 5.91. The zero-order chi connectivity index (χ0) is 17.2. The Balaban J connectivity index is 2.17. The van der Waals surface area contributed by atoms with Gasteiger partial charge in [0, 0.05) is 5.56 Å². The average molecular weight is 327 g/mol. The van der Waals surface area contributed by atoms with E-state index >= 15 is 0 Å². The fourth-order valence-corrected chi connectivity index (χ4v) is 1.63. The van der Waals surface area contributed by atoms with E-state index in [2.05, 4.69) is 10.3 Å². The van der Waals surface area contributed by atoms with E-state index in [1.54, 1.807) is 0 Å². The Bertz CT molecular complexity index is 760. The van der Waals surface area contributed by atoms with Crippen LogP contribution >= 0.6 is 0 Å². The Morgan fingerprint density at radius 1 is 1.26 bits per heavy atom. The molecule has 0 aliphatic heterocycles. The molecule has 0 aliphatic carbocycles. The number of aromatic hydroxyl groups is 1. The number of anilines is 1. The van der Waals surface area contributed by atoms with E-state index in [-0.39, 0.29) is 11.4 Å². The van der Waals surface area contributed by atoms with E-state index in [0.29, 0.717) is 0 Å². The van der Waals surface area contributed by atoms with Crippen LogP contribution in [0.15, 0.2) is 36.5 Å². The first kappa shape index (κ1) is 16.2. The molecule has 2 aromatic rings. The molecule has 2 rings (SSSR count). The lowest BCUT2D eigenvalue weighted by atomic mass is 10.1. The summed E-state index contributed by atoms with van der Waals surface area (Å²) in [6, 6.07) is 4.17. The SMILES string of the molecule is O=C(Nc1ncc([N+](=O)[O-])cc1O)c1ccc(C(F)(F)F)cc1. The van der Waals surface area contributed by atoms with E-state index in [4.69, 9.17) is 0 Å². The topological polar surface area (TPSA) is 105 Å². The number of halogens is 3. The molecule has 0 aliphatic rings. The molecule has 2 N–H and O–H groups in total. The van der Waals surface area contributed by atoms with Gasteiger partial charge in [0.15, 0.2) is 11.6 Å². The first-order valence-electron chi connectivity index (χ1n) is 6.00. The molecule has 0 saturated heterocycles. The molecule has 0 atom stereocenters. The number of carbonyl (C=O) groups excluding carboxylic acids is 1. The minimum Gasteiger partial charge on any atom is -0.504 e. The number of pyridine rings is 1. The smallest absolute Gasteiger partial charge is 0.416 e. The minimum absolute atomic E-state index is 0.0995. The van der Waals surface area contributed by atoms with Gasteiger partial charge in [-0.3, -0.25) is 14.9 Å². The normalized spacial score (nSPS) is 11.1. The van der Waals surface area contributed by atoms with Crippen LogP contribution in [-0.2, 0) is 6.18 Å². The fraction of sp³-hybridized carbons (Fsp3) is 0.0769. The van der Waals surface area contributed by atoms with Gasteiger partial charge >= 0.3 is 6.18 Å². The molecule has 1 aromatic heterocycles. The third-order valence-electron chi connectivity index (χ3n) is 2.77. The summed E-state index contributed by atoms with van der Waals surface area (Å²) < 4.78 is 37.3. The number of hydrogen-bond acceptors (Lipinski definition) is 5. The van der Waals surface area contributed by atoms with Crippen LogP contribution in [0.5, 0.6) is 5.75 Å². The number of amides is 1. The van der Waals surface area contributed by atoms with Crippen molar-refractivity contribution < 1.29 is 28.0 Å². The number of benzene rings is 1. The standard InChI is InChI=1S/C13H8F3N3O4/c14-13(15,16)8-3-1-7(2-4-8)12(21)18-11-10(20)5-9(6-17-11)19(22)23/h1-6,20H,(H,17,18,21). The molecule has 1 heterocycles. The van der Waals surface area contributed by atoms with Crippen molar-refractivity contribution in [3.8, 4) is 5.75 Å². The predicted molar refractivity (Wildman–Crippen MR) is 72.0 cm³/mol. The highest BCUT2D eigenvalue weighted by molar-refractivity contribution is 6.04. The third-order valence-corrected chi connectivity index (χ3v) is 2.77. The Morgan fingerprint density at radius 2 is 1.87 bits per heavy atom. The van der Waals surface area contributed by atoms with Crippen LogP contribution in [0.25, 0.3) is 0 Å². The molecule has 0 radical (unpaired) electrons. The van der Waals surface area contributed by atoms with Crippen LogP contribution in [0.3, 0.4) is 0 Å². The molecule has 0 saturated carbocycles. The number of alkyl halides is 3. The van der Waals surface area contributed by atoms with Gasteiger partial charge in [0.25, 0.3) is 11.6 Å². The highest BCUT2D eigenvalue weighted by Crippen LogP contribution is 2.29. The van der Waals surface area contributed by atoms with Crippen LogP contribution in [0.1, 0.15) is 15.9 Å². The van der Waals surface area contributed by atoms with E-state index < -0.39 is 34.0 Å². The van der Waals surface area contributed by atoms with Crippen LogP contribution in [0.2, 0.25) is 0 Å². The van der Waals surface area contributed by atoms with Gasteiger partial charge in [-0.2, -0.15) is 13.2 Å². The number of carbonyl (C=O) groups is 1. The van der Waals surface area contributed by atoms with E-state index in [9.17, 15) is 33.2 Å². The molecule has 10 heteroatoms. The van der Waals surface area contributed by atoms with Gasteiger partial charge < -0.3 is 10.4 Å². The zero-order valence-electron chi connectivity index (χ0n) is 11.2. The monoisotopic (exact) mass is 327 g/mol. The molecule has 0 fully saturated rings. The zero-order valence-corrected chi connectivity index (χ0v) is 11.2. The summed E-state index contributed by atoms with van der Waals surface area (Å²) in [7, 11) is 0. The first-order chi connectivity index (χ1) is 10.7. The summed E-state index contributed by atoms with van der Waals surface area (Å²) in [5.74, 6) is -1.81. The molecular formula is C13H8F3N3O4. The van der Waals surface area contributed by atoms with E-state index in [1.807, 2.05) is 0 Å². The van der Waals surface area contributed by atoms with Crippen molar-refractivity contribution in [3.05, 3.63) is 57.8 Å². The van der Waals surface area contributed by atoms with Gasteiger partial charge in [0.05, 0.1) is 16.6 Å². The summed E-state index contributed by atoms with van der Waals surface area (Å²) in [4.78, 5) is 25.1. The number of nitrogens with one attached hydrogen (secondary N) is 1. The quantitative estimate of drug-likeness (QED) is 0.666. The number of aromatic nitrogens is 1. The van der Waals surface area contributed by atoms with Gasteiger partial charge in [-0.25, -0.2) is 4.98 Å². The maximum absolute atomic E-state index is 12.4. The van der Waals surface area contributed by atoms with Crippen molar-refractivity contribution >= 4 is 17.4 Å². The second-order valence-electron chi connectivity index (χ2n) is 4.35. The van der Waals surface area contributed by atoms with Crippen molar-refractivity contribution in [2.24, 2.45) is 0 Å². The molecular weight excluding hydrogens is 319 g/mol. The average Bonchev–Trinajstić information content (AvgIpc) is 2.48. The number of nitro groups is 1. The van der Waals surface area contributed by atoms with Gasteiger partial charge in [-0.1, -0.05) is 0 Å². The first-order valence-corrected chi connectivity index (χ1v) is 6.00. The fourth-order valence-electron chi connectivity index (χ4n) is 1.63. The molecule has 0 bridgehead atoms. The molecule has 0 unspecified atom stereocenters. The van der Waals surface area contributed by atoms with E-state index in [0.717, 1.165) is 36.5 Å². The van der Waals surface area contributed by atoms with Crippen molar-refractivity contribution in [3.63, 3.8) is 0 Å². The van der Waals surface area contributed by atoms with Crippen molar-refractivity contribution in [1.29, 1.82) is 0 Å². The van der Waals surface area contributed by atoms with Crippen molar-refractivity contribution in [1.82, 2.24) is 4.98 Å². The number of rotatable bonds is 3. The van der Waals surface area contributed by atoms with Crippen LogP contribution < -0.4 is 5.32 Å². The molecule has 23 heavy (non-hydrogen) atoms. The van der Waals surface area contributed by atoms with Gasteiger partial charge in [-0.05, 0) is 24.3 Å². The molecule has 1 aromatic carbocycles. The van der Waals surface area contributed by atoms with E-state index in [1.165, 1.54) is 0 Å². The number of hydrogen-bond donors (Lipinski definition) is 2. The minimum atomic E-state index is -4.52. The molecule has 0 spiro atoms. The predicted octanol–water partition coefficient (Wildman–Crippen LogP) is 2.97. The highest BCUT2D eigenvalue weighted by atomic mass is 19.4. The molecule has 120 valence electrons. The Hall–Kier alpha value is -3.17. The summed E-state index contributed by atoms with van der Waals surface area (Å²) >= 11 is 0. The third kappa shape index (κ3) is 3.73. The van der Waals surface area contributed by atoms with Gasteiger partial charge in [0.2, 0.25) is 0 Å². The van der Waals surface area contributed by atoms with Crippen LogP contribution in [0.4, 0.5) is 24.7 Å². The Labute approximate surface area is 126 Å². The van der Waals surface area contributed by atoms with Crippen molar-refractivity contribution in [2.45, 2.75) is 6.18 Å². The summed E-state index contributed by atoms with van der Waals surface area (Å²) in [6.45, 7) is 0. The van der Waals surface area contributed by atoms with Gasteiger partial charge in [0.1, 0.15) is 6.20 Å². The largest absolute Gasteiger partial charge is 0.504 e. The lowest BCUT2D eigenvalue weighted by molar-refractivity contribution is -0.385.